The number of fused-ring (bicyclic) bond motifs is 5. The van der Waals surface area contributed by atoms with E-state index in [1.165, 1.54) is 0 Å². The minimum atomic E-state index is -1.42. The first-order valence-corrected chi connectivity index (χ1v) is 8.47. The van der Waals surface area contributed by atoms with Crippen molar-refractivity contribution in [3.8, 4) is 11.3 Å². The van der Waals surface area contributed by atoms with E-state index in [4.69, 9.17) is 14.9 Å². The minimum Gasteiger partial charge on any atom is -0.463 e. The van der Waals surface area contributed by atoms with E-state index in [9.17, 15) is 9.59 Å². The van der Waals surface area contributed by atoms with Crippen molar-refractivity contribution in [2.75, 3.05) is 12.3 Å². The number of rotatable bonds is 2. The number of hydrogen-bond acceptors (Lipinski definition) is 6. The second kappa shape index (κ2) is 5.19. The molecule has 0 unspecified atom stereocenters. The lowest BCUT2D eigenvalue weighted by molar-refractivity contribution is -0.140. The van der Waals surface area contributed by atoms with Gasteiger partial charge >= 0.3 is 5.97 Å². The molecule has 1 aromatic carbocycles. The number of nitrogens with two attached hydrogens (primary N) is 1. The van der Waals surface area contributed by atoms with Gasteiger partial charge in [-0.1, -0.05) is 15.9 Å². The number of hydrogen-bond donors (Lipinski definition) is 2. The lowest BCUT2D eigenvalue weighted by Gasteiger charge is -2.24. The van der Waals surface area contributed by atoms with Crippen LogP contribution >= 0.6 is 15.9 Å². The summed E-state index contributed by atoms with van der Waals surface area (Å²) in [6.07, 6.45) is 0. The van der Waals surface area contributed by atoms with Crippen molar-refractivity contribution in [1.82, 2.24) is 10.3 Å². The molecule has 7 nitrogen and oxygen atoms in total. The van der Waals surface area contributed by atoms with Crippen LogP contribution in [0.3, 0.4) is 0 Å². The summed E-state index contributed by atoms with van der Waals surface area (Å²) in [5.74, 6) is -0.551. The van der Waals surface area contributed by atoms with Gasteiger partial charge in [-0.25, -0.2) is 4.79 Å². The molecule has 1 aliphatic heterocycles. The Morgan fingerprint density at radius 3 is 2.96 bits per heavy atom. The summed E-state index contributed by atoms with van der Waals surface area (Å²) in [7, 11) is 0. The zero-order valence-corrected chi connectivity index (χ0v) is 15.1. The number of amides is 1. The lowest BCUT2D eigenvalue weighted by Crippen LogP contribution is -2.40. The lowest BCUT2D eigenvalue weighted by atomic mass is 9.75. The SMILES string of the molecule is CCOC(=O)C1=C(C)NC(=O)[C@@]12c1cc(Br)ccc1-c1oc(N)nc12. The van der Waals surface area contributed by atoms with Gasteiger partial charge in [-0.2, -0.15) is 4.98 Å². The molecule has 0 saturated heterocycles. The predicted octanol–water partition coefficient (Wildman–Crippen LogP) is 2.25. The third-order valence-electron chi connectivity index (χ3n) is 4.50. The van der Waals surface area contributed by atoms with Crippen molar-refractivity contribution >= 4 is 33.8 Å². The van der Waals surface area contributed by atoms with Crippen molar-refractivity contribution in [3.05, 3.63) is 45.2 Å². The highest BCUT2D eigenvalue weighted by Crippen LogP contribution is 2.56. The van der Waals surface area contributed by atoms with E-state index in [0.717, 1.165) is 4.47 Å². The number of anilines is 1. The second-order valence-electron chi connectivity index (χ2n) is 5.84. The number of carbonyl (C=O) groups is 2. The molecule has 8 heteroatoms. The second-order valence-corrected chi connectivity index (χ2v) is 6.76. The van der Waals surface area contributed by atoms with Gasteiger partial charge in [0, 0.05) is 15.7 Å². The predicted molar refractivity (Wildman–Crippen MR) is 92.3 cm³/mol. The molecule has 2 heterocycles. The summed E-state index contributed by atoms with van der Waals surface area (Å²) in [6, 6.07) is 5.37. The highest BCUT2D eigenvalue weighted by Gasteiger charge is 2.61. The third-order valence-corrected chi connectivity index (χ3v) is 4.99. The highest BCUT2D eigenvalue weighted by atomic mass is 79.9. The van der Waals surface area contributed by atoms with Crippen LogP contribution in [0.1, 0.15) is 25.1 Å². The average molecular weight is 404 g/mol. The molecular formula is C17H14BrN3O4. The van der Waals surface area contributed by atoms with Gasteiger partial charge in [0.15, 0.2) is 11.2 Å². The van der Waals surface area contributed by atoms with Gasteiger partial charge in [-0.05, 0) is 37.6 Å². The van der Waals surface area contributed by atoms with Crippen LogP contribution in [0.2, 0.25) is 0 Å². The number of aromatic nitrogens is 1. The van der Waals surface area contributed by atoms with E-state index < -0.39 is 11.4 Å². The summed E-state index contributed by atoms with van der Waals surface area (Å²) in [5.41, 5.74) is 6.56. The Morgan fingerprint density at radius 1 is 1.48 bits per heavy atom. The van der Waals surface area contributed by atoms with Crippen molar-refractivity contribution in [1.29, 1.82) is 0 Å². The number of nitrogens with one attached hydrogen (secondary N) is 1. The van der Waals surface area contributed by atoms with Gasteiger partial charge < -0.3 is 20.2 Å². The fourth-order valence-corrected chi connectivity index (χ4v) is 4.00. The molecule has 0 fully saturated rings. The summed E-state index contributed by atoms with van der Waals surface area (Å²) in [4.78, 5) is 30.0. The Labute approximate surface area is 151 Å². The highest BCUT2D eigenvalue weighted by molar-refractivity contribution is 9.10. The molecule has 1 spiro atoms. The normalized spacial score (nSPS) is 20.7. The Kier molecular flexibility index (Phi) is 3.30. The van der Waals surface area contributed by atoms with Crippen molar-refractivity contribution < 1.29 is 18.7 Å². The van der Waals surface area contributed by atoms with Crippen LogP contribution in [0.4, 0.5) is 6.01 Å². The standard InChI is InChI=1S/C17H14BrN3O4/c1-3-24-14(22)11-7(2)20-15(23)17(11)10-6-8(18)4-5-9(10)12-13(17)21-16(19)25-12/h4-6H,3H2,1-2H3,(H2,19,21)(H,20,23)/t17-/m0/s1. The zero-order valence-electron chi connectivity index (χ0n) is 13.5. The van der Waals surface area contributed by atoms with Gasteiger partial charge in [0.2, 0.25) is 5.91 Å². The first-order valence-electron chi connectivity index (χ1n) is 7.68. The molecule has 1 amide bonds. The van der Waals surface area contributed by atoms with E-state index in [1.807, 2.05) is 6.07 Å². The van der Waals surface area contributed by atoms with Crippen LogP contribution in [-0.2, 0) is 19.7 Å². The van der Waals surface area contributed by atoms with Gasteiger partial charge in [0.1, 0.15) is 5.69 Å². The number of oxazole rings is 1. The number of carbonyl (C=O) groups excluding carboxylic acids is 2. The smallest absolute Gasteiger partial charge is 0.337 e. The van der Waals surface area contributed by atoms with E-state index in [1.54, 1.807) is 26.0 Å². The maximum absolute atomic E-state index is 13.1. The Hall–Kier alpha value is -2.61. The van der Waals surface area contributed by atoms with Gasteiger partial charge in [-0.3, -0.25) is 4.79 Å². The molecule has 4 rings (SSSR count). The van der Waals surface area contributed by atoms with Crippen LogP contribution in [0, 0.1) is 0 Å². The number of ether oxygens (including phenoxy) is 1. The summed E-state index contributed by atoms with van der Waals surface area (Å²) < 4.78 is 11.5. The van der Waals surface area contributed by atoms with Gasteiger partial charge in [0.05, 0.1) is 12.2 Å². The quantitative estimate of drug-likeness (QED) is 0.744. The van der Waals surface area contributed by atoms with Crippen molar-refractivity contribution in [2.24, 2.45) is 0 Å². The fourth-order valence-electron chi connectivity index (χ4n) is 3.64. The molecule has 2 aromatic rings. The molecule has 0 saturated carbocycles. The number of esters is 1. The first-order chi connectivity index (χ1) is 11.9. The van der Waals surface area contributed by atoms with E-state index in [0.29, 0.717) is 28.3 Å². The van der Waals surface area contributed by atoms with E-state index >= 15 is 0 Å². The largest absolute Gasteiger partial charge is 0.463 e. The van der Waals surface area contributed by atoms with Crippen LogP contribution in [0.15, 0.2) is 38.4 Å². The molecule has 25 heavy (non-hydrogen) atoms. The zero-order chi connectivity index (χ0) is 17.9. The monoisotopic (exact) mass is 403 g/mol. The summed E-state index contributed by atoms with van der Waals surface area (Å²) in [5, 5.41) is 2.75. The topological polar surface area (TPSA) is 107 Å². The Morgan fingerprint density at radius 2 is 2.24 bits per heavy atom. The Bertz CT molecular complexity index is 978. The van der Waals surface area contributed by atoms with Gasteiger partial charge in [0.25, 0.3) is 6.01 Å². The molecule has 1 aliphatic carbocycles. The van der Waals surface area contributed by atoms with Gasteiger partial charge in [-0.15, -0.1) is 0 Å². The van der Waals surface area contributed by atoms with E-state index in [-0.39, 0.29) is 24.1 Å². The molecule has 0 bridgehead atoms. The average Bonchev–Trinajstić information content (AvgIpc) is 3.12. The molecule has 128 valence electrons. The molecule has 1 aromatic heterocycles. The van der Waals surface area contributed by atoms with E-state index in [2.05, 4.69) is 26.2 Å². The Balaban J connectivity index is 2.10. The number of allylic oxidation sites excluding steroid dienone is 1. The number of benzene rings is 1. The van der Waals surface area contributed by atoms with Crippen LogP contribution in [0.5, 0.6) is 0 Å². The molecular weight excluding hydrogens is 390 g/mol. The minimum absolute atomic E-state index is 0.0569. The van der Waals surface area contributed by atoms with Crippen molar-refractivity contribution in [3.63, 3.8) is 0 Å². The maximum atomic E-state index is 13.1. The number of halogens is 1. The first kappa shape index (κ1) is 15.9. The summed E-state index contributed by atoms with van der Waals surface area (Å²) in [6.45, 7) is 3.57. The molecule has 1 atom stereocenters. The van der Waals surface area contributed by atoms with Crippen molar-refractivity contribution in [2.45, 2.75) is 19.3 Å². The number of nitrogen functional groups attached to an aromatic ring is 1. The van der Waals surface area contributed by atoms with Crippen LogP contribution in [0.25, 0.3) is 11.3 Å². The molecule has 2 aliphatic rings. The fraction of sp³-hybridized carbons (Fsp3) is 0.235. The number of nitrogens with zero attached hydrogens (tertiary/aromatic N) is 1. The third kappa shape index (κ3) is 1.88. The summed E-state index contributed by atoms with van der Waals surface area (Å²) >= 11 is 3.43. The van der Waals surface area contributed by atoms with Crippen LogP contribution < -0.4 is 11.1 Å². The van der Waals surface area contributed by atoms with Crippen LogP contribution in [-0.4, -0.2) is 23.5 Å². The molecule has 0 radical (unpaired) electrons. The molecule has 3 N–H and O–H groups in total. The maximum Gasteiger partial charge on any atom is 0.337 e.